The Morgan fingerprint density at radius 1 is 1.38 bits per heavy atom. The zero-order valence-electron chi connectivity index (χ0n) is 10.4. The van der Waals surface area contributed by atoms with Crippen molar-refractivity contribution in [3.8, 4) is 0 Å². The Kier molecular flexibility index (Phi) is 5.56. The van der Waals surface area contributed by atoms with Crippen molar-refractivity contribution in [1.29, 1.82) is 0 Å². The molecule has 0 aliphatic rings. The first-order chi connectivity index (χ1) is 7.61. The first kappa shape index (κ1) is 13.3. The summed E-state index contributed by atoms with van der Waals surface area (Å²) in [5, 5.41) is 12.7. The van der Waals surface area contributed by atoms with E-state index < -0.39 is 0 Å². The topological polar surface area (TPSA) is 45.4 Å². The highest BCUT2D eigenvalue weighted by Gasteiger charge is 2.13. The summed E-state index contributed by atoms with van der Waals surface area (Å²) in [4.78, 5) is 0. The van der Waals surface area contributed by atoms with Gasteiger partial charge in [-0.25, -0.2) is 0 Å². The van der Waals surface area contributed by atoms with Crippen LogP contribution in [0, 0.1) is 5.92 Å². The van der Waals surface area contributed by atoms with Gasteiger partial charge in [0, 0.05) is 18.5 Å². The Morgan fingerprint density at radius 2 is 2.12 bits per heavy atom. The number of furan rings is 1. The Labute approximate surface area is 97.9 Å². The molecule has 2 atom stereocenters. The van der Waals surface area contributed by atoms with Crippen LogP contribution in [0.1, 0.15) is 33.0 Å². The second-order valence-corrected chi connectivity index (χ2v) is 4.86. The second-order valence-electron chi connectivity index (χ2n) is 4.86. The van der Waals surface area contributed by atoms with Gasteiger partial charge in [-0.05, 0) is 31.4 Å². The highest BCUT2D eigenvalue weighted by molar-refractivity contribution is 5.00. The predicted octanol–water partition coefficient (Wildman–Crippen LogP) is 2.21. The highest BCUT2D eigenvalue weighted by atomic mass is 16.3. The lowest BCUT2D eigenvalue weighted by atomic mass is 10.0. The number of nitrogens with one attached hydrogen (secondary N) is 1. The quantitative estimate of drug-likeness (QED) is 0.748. The molecule has 1 aromatic heterocycles. The zero-order chi connectivity index (χ0) is 12.0. The summed E-state index contributed by atoms with van der Waals surface area (Å²) in [7, 11) is 0. The van der Waals surface area contributed by atoms with Gasteiger partial charge < -0.3 is 14.8 Å². The molecule has 0 aliphatic carbocycles. The van der Waals surface area contributed by atoms with Gasteiger partial charge in [0.05, 0.1) is 12.9 Å². The molecule has 2 N–H and O–H groups in total. The van der Waals surface area contributed by atoms with Gasteiger partial charge in [-0.15, -0.1) is 0 Å². The molecule has 1 aromatic rings. The van der Waals surface area contributed by atoms with Crippen LogP contribution in [0.3, 0.4) is 0 Å². The van der Waals surface area contributed by atoms with E-state index in [1.54, 1.807) is 6.26 Å². The standard InChI is InChI=1S/C13H23NO2/c1-10(2)7-12(9-15)14-11(3)8-13-5-4-6-16-13/h4-6,10-12,14-15H,7-9H2,1-3H3. The van der Waals surface area contributed by atoms with Crippen LogP contribution in [0.2, 0.25) is 0 Å². The SMILES string of the molecule is CC(C)CC(CO)NC(C)Cc1ccco1. The van der Waals surface area contributed by atoms with Crippen molar-refractivity contribution in [1.82, 2.24) is 5.32 Å². The molecule has 0 aromatic carbocycles. The summed E-state index contributed by atoms with van der Waals surface area (Å²) in [6.45, 7) is 6.65. The Bertz CT molecular complexity index is 269. The van der Waals surface area contributed by atoms with E-state index in [0.29, 0.717) is 12.0 Å². The monoisotopic (exact) mass is 225 g/mol. The van der Waals surface area contributed by atoms with Gasteiger partial charge >= 0.3 is 0 Å². The van der Waals surface area contributed by atoms with Gasteiger partial charge in [-0.2, -0.15) is 0 Å². The first-order valence-electron chi connectivity index (χ1n) is 6.01. The zero-order valence-corrected chi connectivity index (χ0v) is 10.4. The van der Waals surface area contributed by atoms with Crippen LogP contribution in [0.15, 0.2) is 22.8 Å². The largest absolute Gasteiger partial charge is 0.469 e. The number of hydrogen-bond donors (Lipinski definition) is 2. The number of hydrogen-bond acceptors (Lipinski definition) is 3. The molecule has 0 fully saturated rings. The molecule has 1 heterocycles. The average Bonchev–Trinajstić information content (AvgIpc) is 2.68. The lowest BCUT2D eigenvalue weighted by molar-refractivity contribution is 0.213. The fourth-order valence-electron chi connectivity index (χ4n) is 1.96. The summed E-state index contributed by atoms with van der Waals surface area (Å²) >= 11 is 0. The third-order valence-corrected chi connectivity index (χ3v) is 2.58. The molecule has 0 amide bonds. The van der Waals surface area contributed by atoms with Crippen LogP contribution in [-0.2, 0) is 6.42 Å². The first-order valence-corrected chi connectivity index (χ1v) is 6.01. The molecule has 0 radical (unpaired) electrons. The minimum atomic E-state index is 0.185. The maximum Gasteiger partial charge on any atom is 0.105 e. The Hall–Kier alpha value is -0.800. The van der Waals surface area contributed by atoms with Gasteiger partial charge in [-0.1, -0.05) is 13.8 Å². The summed E-state index contributed by atoms with van der Waals surface area (Å²) < 4.78 is 5.30. The summed E-state index contributed by atoms with van der Waals surface area (Å²) in [6.07, 6.45) is 3.56. The molecule has 3 heteroatoms. The fraction of sp³-hybridized carbons (Fsp3) is 0.692. The van der Waals surface area contributed by atoms with Crippen molar-refractivity contribution >= 4 is 0 Å². The van der Waals surface area contributed by atoms with E-state index in [1.165, 1.54) is 0 Å². The van der Waals surface area contributed by atoms with Gasteiger partial charge in [0.2, 0.25) is 0 Å². The maximum absolute atomic E-state index is 9.26. The molecule has 0 spiro atoms. The number of rotatable bonds is 7. The van der Waals surface area contributed by atoms with E-state index in [2.05, 4.69) is 26.1 Å². The third-order valence-electron chi connectivity index (χ3n) is 2.58. The molecule has 2 unspecified atom stereocenters. The van der Waals surface area contributed by atoms with Gasteiger partial charge in [0.15, 0.2) is 0 Å². The predicted molar refractivity (Wildman–Crippen MR) is 65.3 cm³/mol. The summed E-state index contributed by atoms with van der Waals surface area (Å²) in [5.74, 6) is 1.58. The van der Waals surface area contributed by atoms with Crippen LogP contribution < -0.4 is 5.32 Å². The number of aliphatic hydroxyl groups is 1. The van der Waals surface area contributed by atoms with Crippen molar-refractivity contribution in [2.75, 3.05) is 6.61 Å². The molecular weight excluding hydrogens is 202 g/mol. The fourth-order valence-corrected chi connectivity index (χ4v) is 1.96. The lowest BCUT2D eigenvalue weighted by Crippen LogP contribution is -2.40. The number of aliphatic hydroxyl groups excluding tert-OH is 1. The smallest absolute Gasteiger partial charge is 0.105 e. The van der Waals surface area contributed by atoms with Gasteiger partial charge in [0.25, 0.3) is 0 Å². The molecular formula is C13H23NO2. The third kappa shape index (κ3) is 4.81. The molecule has 0 saturated carbocycles. The molecule has 0 saturated heterocycles. The highest BCUT2D eigenvalue weighted by Crippen LogP contribution is 2.08. The normalized spacial score (nSPS) is 15.3. The van der Waals surface area contributed by atoms with Crippen molar-refractivity contribution in [3.63, 3.8) is 0 Å². The summed E-state index contributed by atoms with van der Waals surface area (Å²) in [5.41, 5.74) is 0. The van der Waals surface area contributed by atoms with E-state index in [-0.39, 0.29) is 12.6 Å². The summed E-state index contributed by atoms with van der Waals surface area (Å²) in [6, 6.07) is 4.39. The van der Waals surface area contributed by atoms with Crippen LogP contribution in [-0.4, -0.2) is 23.8 Å². The minimum absolute atomic E-state index is 0.185. The van der Waals surface area contributed by atoms with Crippen molar-refractivity contribution in [3.05, 3.63) is 24.2 Å². The van der Waals surface area contributed by atoms with Crippen LogP contribution in [0.25, 0.3) is 0 Å². The second kappa shape index (κ2) is 6.71. The molecule has 92 valence electrons. The molecule has 1 rings (SSSR count). The van der Waals surface area contributed by atoms with E-state index in [4.69, 9.17) is 4.42 Å². The lowest BCUT2D eigenvalue weighted by Gasteiger charge is -2.22. The van der Waals surface area contributed by atoms with Crippen molar-refractivity contribution < 1.29 is 9.52 Å². The molecule has 0 bridgehead atoms. The molecule has 16 heavy (non-hydrogen) atoms. The van der Waals surface area contributed by atoms with Gasteiger partial charge in [-0.3, -0.25) is 0 Å². The average molecular weight is 225 g/mol. The van der Waals surface area contributed by atoms with Crippen molar-refractivity contribution in [2.45, 2.75) is 45.7 Å². The minimum Gasteiger partial charge on any atom is -0.469 e. The van der Waals surface area contributed by atoms with Crippen LogP contribution >= 0.6 is 0 Å². The van der Waals surface area contributed by atoms with E-state index in [0.717, 1.165) is 18.6 Å². The Balaban J connectivity index is 2.34. The van der Waals surface area contributed by atoms with Crippen molar-refractivity contribution in [2.24, 2.45) is 5.92 Å². The maximum atomic E-state index is 9.26. The van der Waals surface area contributed by atoms with E-state index in [1.807, 2.05) is 12.1 Å². The van der Waals surface area contributed by atoms with E-state index >= 15 is 0 Å². The molecule has 0 aliphatic heterocycles. The van der Waals surface area contributed by atoms with Crippen LogP contribution in [0.4, 0.5) is 0 Å². The van der Waals surface area contributed by atoms with E-state index in [9.17, 15) is 5.11 Å². The van der Waals surface area contributed by atoms with Crippen LogP contribution in [0.5, 0.6) is 0 Å². The molecule has 3 nitrogen and oxygen atoms in total. The van der Waals surface area contributed by atoms with Gasteiger partial charge in [0.1, 0.15) is 5.76 Å². The Morgan fingerprint density at radius 3 is 2.62 bits per heavy atom.